The molecule has 0 aliphatic carbocycles. The highest BCUT2D eigenvalue weighted by atomic mass is 15.3. The Balaban J connectivity index is 1.82. The van der Waals surface area contributed by atoms with E-state index in [0.29, 0.717) is 0 Å². The molecule has 0 unspecified atom stereocenters. The molecule has 90 valence electrons. The van der Waals surface area contributed by atoms with Gasteiger partial charge < -0.3 is 10.6 Å². The molecule has 0 amide bonds. The van der Waals surface area contributed by atoms with Crippen molar-refractivity contribution in [3.05, 3.63) is 11.4 Å². The van der Waals surface area contributed by atoms with Crippen molar-refractivity contribution < 1.29 is 0 Å². The van der Waals surface area contributed by atoms with Gasteiger partial charge in [0.2, 0.25) is 0 Å². The molecule has 2 heterocycles. The smallest absolute Gasteiger partial charge is 0.0825 e. The molecule has 4 nitrogen and oxygen atoms in total. The number of likely N-dealkylation sites (tertiary alicyclic amines) is 1. The zero-order valence-electron chi connectivity index (χ0n) is 10.4. The summed E-state index contributed by atoms with van der Waals surface area (Å²) in [5, 5.41) is 4.45. The second-order valence-corrected chi connectivity index (χ2v) is 4.71. The summed E-state index contributed by atoms with van der Waals surface area (Å²) in [5.74, 6) is 0. The molecule has 0 aromatic carbocycles. The summed E-state index contributed by atoms with van der Waals surface area (Å²) in [6, 6.07) is 0. The zero-order chi connectivity index (χ0) is 11.5. The van der Waals surface area contributed by atoms with E-state index in [9.17, 15) is 0 Å². The average Bonchev–Trinajstić information content (AvgIpc) is 2.85. The van der Waals surface area contributed by atoms with Gasteiger partial charge in [-0.15, -0.1) is 0 Å². The molecule has 0 spiro atoms. The van der Waals surface area contributed by atoms with Crippen LogP contribution in [0.2, 0.25) is 0 Å². The highest BCUT2D eigenvalue weighted by Crippen LogP contribution is 2.15. The molecule has 4 heteroatoms. The molecular weight excluding hydrogens is 200 g/mol. The van der Waals surface area contributed by atoms with Crippen molar-refractivity contribution >= 4 is 5.69 Å². The first-order valence-electron chi connectivity index (χ1n) is 6.20. The molecule has 1 fully saturated rings. The van der Waals surface area contributed by atoms with E-state index in [0.717, 1.165) is 23.6 Å². The summed E-state index contributed by atoms with van der Waals surface area (Å²) < 4.78 is 2.04. The third kappa shape index (κ3) is 2.38. The number of hydrogen-bond donors (Lipinski definition) is 1. The van der Waals surface area contributed by atoms with Crippen molar-refractivity contribution in [1.29, 1.82) is 0 Å². The highest BCUT2D eigenvalue weighted by molar-refractivity contribution is 5.46. The minimum absolute atomic E-state index is 0.848. The van der Waals surface area contributed by atoms with Crippen LogP contribution in [0.25, 0.3) is 0 Å². The van der Waals surface area contributed by atoms with Gasteiger partial charge in [0.1, 0.15) is 0 Å². The van der Waals surface area contributed by atoms with Gasteiger partial charge in [0, 0.05) is 6.54 Å². The molecule has 1 aromatic rings. The lowest BCUT2D eigenvalue weighted by atomic mass is 10.3. The Bertz CT molecular complexity index is 350. The van der Waals surface area contributed by atoms with E-state index in [1.54, 1.807) is 0 Å². The van der Waals surface area contributed by atoms with Crippen LogP contribution in [-0.4, -0.2) is 34.3 Å². The van der Waals surface area contributed by atoms with Gasteiger partial charge in [0.25, 0.3) is 0 Å². The summed E-state index contributed by atoms with van der Waals surface area (Å²) in [5.41, 5.74) is 8.82. The molecule has 0 bridgehead atoms. The second-order valence-electron chi connectivity index (χ2n) is 4.71. The van der Waals surface area contributed by atoms with E-state index in [1.807, 2.05) is 18.5 Å². The maximum absolute atomic E-state index is 5.90. The standard InChI is InChI=1S/C12H22N4/c1-10-12(13)11(2)16(14-10)9-5-8-15-6-3-4-7-15/h3-9,13H2,1-2H3. The Kier molecular flexibility index (Phi) is 3.49. The minimum atomic E-state index is 0.848. The van der Waals surface area contributed by atoms with Crippen LogP contribution in [-0.2, 0) is 6.54 Å². The van der Waals surface area contributed by atoms with Crippen LogP contribution in [0.5, 0.6) is 0 Å². The summed E-state index contributed by atoms with van der Waals surface area (Å²) in [7, 11) is 0. The molecule has 0 atom stereocenters. The van der Waals surface area contributed by atoms with Gasteiger partial charge in [-0.05, 0) is 52.7 Å². The third-order valence-corrected chi connectivity index (χ3v) is 3.48. The lowest BCUT2D eigenvalue weighted by Gasteiger charge is -2.14. The predicted octanol–water partition coefficient (Wildman–Crippen LogP) is 1.57. The Morgan fingerprint density at radius 2 is 1.88 bits per heavy atom. The number of nitrogens with zero attached hydrogens (tertiary/aromatic N) is 3. The molecule has 1 aliphatic heterocycles. The highest BCUT2D eigenvalue weighted by Gasteiger charge is 2.12. The number of anilines is 1. The van der Waals surface area contributed by atoms with Crippen molar-refractivity contribution in [3.63, 3.8) is 0 Å². The van der Waals surface area contributed by atoms with Gasteiger partial charge >= 0.3 is 0 Å². The maximum Gasteiger partial charge on any atom is 0.0825 e. The van der Waals surface area contributed by atoms with Gasteiger partial charge in [-0.25, -0.2) is 0 Å². The fourth-order valence-electron chi connectivity index (χ4n) is 2.38. The molecule has 16 heavy (non-hydrogen) atoms. The van der Waals surface area contributed by atoms with Crippen LogP contribution >= 0.6 is 0 Å². The summed E-state index contributed by atoms with van der Waals surface area (Å²) in [6.07, 6.45) is 3.90. The largest absolute Gasteiger partial charge is 0.396 e. The Morgan fingerprint density at radius 3 is 2.44 bits per heavy atom. The first kappa shape index (κ1) is 11.5. The topological polar surface area (TPSA) is 47.1 Å². The number of aryl methyl sites for hydroxylation is 2. The van der Waals surface area contributed by atoms with E-state index >= 15 is 0 Å². The average molecular weight is 222 g/mol. The van der Waals surface area contributed by atoms with Crippen LogP contribution in [0.3, 0.4) is 0 Å². The molecule has 2 rings (SSSR count). The Labute approximate surface area is 97.4 Å². The van der Waals surface area contributed by atoms with Crippen molar-refractivity contribution in [3.8, 4) is 0 Å². The first-order chi connectivity index (χ1) is 7.68. The molecular formula is C12H22N4. The van der Waals surface area contributed by atoms with Crippen molar-refractivity contribution in [2.45, 2.75) is 39.7 Å². The van der Waals surface area contributed by atoms with Crippen molar-refractivity contribution in [2.75, 3.05) is 25.4 Å². The fourth-order valence-corrected chi connectivity index (χ4v) is 2.38. The minimum Gasteiger partial charge on any atom is -0.396 e. The monoisotopic (exact) mass is 222 g/mol. The fraction of sp³-hybridized carbons (Fsp3) is 0.750. The lowest BCUT2D eigenvalue weighted by molar-refractivity contribution is 0.321. The van der Waals surface area contributed by atoms with Crippen LogP contribution in [0.15, 0.2) is 0 Å². The number of aromatic nitrogens is 2. The summed E-state index contributed by atoms with van der Waals surface area (Å²) in [4.78, 5) is 2.54. The van der Waals surface area contributed by atoms with Crippen LogP contribution in [0.4, 0.5) is 5.69 Å². The molecule has 0 saturated carbocycles. The van der Waals surface area contributed by atoms with Gasteiger partial charge in [0.05, 0.1) is 17.1 Å². The number of rotatable bonds is 4. The van der Waals surface area contributed by atoms with Crippen LogP contribution in [0.1, 0.15) is 30.7 Å². The van der Waals surface area contributed by atoms with E-state index in [4.69, 9.17) is 5.73 Å². The lowest BCUT2D eigenvalue weighted by Crippen LogP contribution is -2.21. The third-order valence-electron chi connectivity index (χ3n) is 3.48. The molecule has 2 N–H and O–H groups in total. The van der Waals surface area contributed by atoms with E-state index in [1.165, 1.54) is 38.9 Å². The van der Waals surface area contributed by atoms with Crippen LogP contribution < -0.4 is 5.73 Å². The number of nitrogen functional groups attached to an aromatic ring is 1. The molecule has 1 aliphatic rings. The Hall–Kier alpha value is -1.03. The van der Waals surface area contributed by atoms with Gasteiger partial charge in [-0.3, -0.25) is 4.68 Å². The SMILES string of the molecule is Cc1nn(CCCN2CCCC2)c(C)c1N. The van der Waals surface area contributed by atoms with Crippen molar-refractivity contribution in [1.82, 2.24) is 14.7 Å². The van der Waals surface area contributed by atoms with E-state index in [-0.39, 0.29) is 0 Å². The number of nitrogens with two attached hydrogens (primary N) is 1. The quantitative estimate of drug-likeness (QED) is 0.841. The van der Waals surface area contributed by atoms with Crippen molar-refractivity contribution in [2.24, 2.45) is 0 Å². The molecule has 1 aromatic heterocycles. The maximum atomic E-state index is 5.90. The van der Waals surface area contributed by atoms with Gasteiger partial charge in [-0.2, -0.15) is 5.10 Å². The summed E-state index contributed by atoms with van der Waals surface area (Å²) in [6.45, 7) is 8.75. The predicted molar refractivity (Wildman–Crippen MR) is 66.4 cm³/mol. The Morgan fingerprint density at radius 1 is 1.19 bits per heavy atom. The van der Waals surface area contributed by atoms with E-state index in [2.05, 4.69) is 10.00 Å². The normalized spacial score (nSPS) is 17.1. The first-order valence-corrected chi connectivity index (χ1v) is 6.20. The molecule has 0 radical (unpaired) electrons. The number of hydrogen-bond acceptors (Lipinski definition) is 3. The van der Waals surface area contributed by atoms with Gasteiger partial charge in [0.15, 0.2) is 0 Å². The van der Waals surface area contributed by atoms with Gasteiger partial charge in [-0.1, -0.05) is 0 Å². The second kappa shape index (κ2) is 4.87. The zero-order valence-corrected chi connectivity index (χ0v) is 10.4. The van der Waals surface area contributed by atoms with Crippen LogP contribution in [0, 0.1) is 13.8 Å². The molecule has 1 saturated heterocycles. The van der Waals surface area contributed by atoms with E-state index < -0.39 is 0 Å². The summed E-state index contributed by atoms with van der Waals surface area (Å²) >= 11 is 0.